The molecular weight excluding hydrogens is 466 g/mol. The Balaban J connectivity index is 1.73. The van der Waals surface area contributed by atoms with E-state index < -0.39 is 0 Å². The molecule has 0 spiro atoms. The predicted molar refractivity (Wildman–Crippen MR) is 123 cm³/mol. The minimum atomic E-state index is -0.167. The number of ether oxygens (including phenoxy) is 1. The molecule has 1 amide bonds. The van der Waals surface area contributed by atoms with Gasteiger partial charge in [-0.25, -0.2) is 4.98 Å². The van der Waals surface area contributed by atoms with E-state index in [1.165, 1.54) is 18.2 Å². The number of piperidine rings is 1. The van der Waals surface area contributed by atoms with Crippen molar-refractivity contribution in [3.8, 4) is 11.4 Å². The third-order valence-corrected chi connectivity index (χ3v) is 6.58. The summed E-state index contributed by atoms with van der Waals surface area (Å²) >= 11 is 4.74. The lowest BCUT2D eigenvalue weighted by Crippen LogP contribution is -2.36. The molecule has 2 heterocycles. The average molecular weight is 488 g/mol. The van der Waals surface area contributed by atoms with E-state index >= 15 is 0 Å². The van der Waals surface area contributed by atoms with Crippen molar-refractivity contribution in [1.82, 2.24) is 14.5 Å². The summed E-state index contributed by atoms with van der Waals surface area (Å²) in [6.45, 7) is 1.62. The summed E-state index contributed by atoms with van der Waals surface area (Å²) in [7, 11) is 1.60. The highest BCUT2D eigenvalue weighted by atomic mass is 79.9. The van der Waals surface area contributed by atoms with E-state index in [1.54, 1.807) is 29.9 Å². The van der Waals surface area contributed by atoms with E-state index in [4.69, 9.17) is 9.72 Å². The van der Waals surface area contributed by atoms with Crippen LogP contribution in [0, 0.1) is 0 Å². The van der Waals surface area contributed by atoms with Crippen molar-refractivity contribution >= 4 is 44.5 Å². The number of carbonyl (C=O) groups is 1. The first-order valence-corrected chi connectivity index (χ1v) is 11.6. The Morgan fingerprint density at radius 3 is 2.57 bits per heavy atom. The SMILES string of the molecule is COc1ccc(-n2c(SCC(=O)N3CCCCC3)nc3ccc(Br)cc3c2=O)cc1. The molecule has 0 bridgehead atoms. The quantitative estimate of drug-likeness (QED) is 0.397. The van der Waals surface area contributed by atoms with Crippen LogP contribution >= 0.6 is 27.7 Å². The molecule has 0 atom stereocenters. The molecule has 4 rings (SSSR count). The van der Waals surface area contributed by atoms with Crippen molar-refractivity contribution < 1.29 is 9.53 Å². The van der Waals surface area contributed by atoms with Gasteiger partial charge in [-0.3, -0.25) is 14.2 Å². The van der Waals surface area contributed by atoms with E-state index in [1.807, 2.05) is 29.2 Å². The van der Waals surface area contributed by atoms with Crippen LogP contribution < -0.4 is 10.3 Å². The second kappa shape index (κ2) is 9.22. The first kappa shape index (κ1) is 20.9. The second-order valence-corrected chi connectivity index (χ2v) is 8.98. The number of hydrogen-bond donors (Lipinski definition) is 0. The van der Waals surface area contributed by atoms with Gasteiger partial charge in [-0.05, 0) is 61.7 Å². The molecule has 1 aliphatic heterocycles. The maximum atomic E-state index is 13.4. The maximum absolute atomic E-state index is 13.4. The van der Waals surface area contributed by atoms with Crippen molar-refractivity contribution in [2.45, 2.75) is 24.4 Å². The summed E-state index contributed by atoms with van der Waals surface area (Å²) < 4.78 is 7.62. The molecule has 1 aliphatic rings. The number of aromatic nitrogens is 2. The first-order chi connectivity index (χ1) is 14.6. The fourth-order valence-electron chi connectivity index (χ4n) is 3.55. The zero-order chi connectivity index (χ0) is 21.1. The molecule has 2 aromatic carbocycles. The van der Waals surface area contributed by atoms with Gasteiger partial charge < -0.3 is 9.64 Å². The van der Waals surface area contributed by atoms with Crippen LogP contribution in [0.1, 0.15) is 19.3 Å². The van der Waals surface area contributed by atoms with Crippen LogP contribution in [0.4, 0.5) is 0 Å². The van der Waals surface area contributed by atoms with E-state index in [0.717, 1.165) is 30.4 Å². The van der Waals surface area contributed by atoms with E-state index in [-0.39, 0.29) is 17.2 Å². The van der Waals surface area contributed by atoms with Crippen LogP contribution in [0.3, 0.4) is 0 Å². The number of nitrogens with zero attached hydrogens (tertiary/aromatic N) is 3. The van der Waals surface area contributed by atoms with Gasteiger partial charge in [-0.15, -0.1) is 0 Å². The maximum Gasteiger partial charge on any atom is 0.266 e. The fraction of sp³-hybridized carbons (Fsp3) is 0.318. The summed E-state index contributed by atoms with van der Waals surface area (Å²) in [4.78, 5) is 32.7. The molecule has 1 aromatic heterocycles. The van der Waals surface area contributed by atoms with Gasteiger partial charge in [0.25, 0.3) is 5.56 Å². The van der Waals surface area contributed by atoms with Gasteiger partial charge in [0.1, 0.15) is 5.75 Å². The number of amides is 1. The lowest BCUT2D eigenvalue weighted by Gasteiger charge is -2.26. The van der Waals surface area contributed by atoms with Gasteiger partial charge in [-0.2, -0.15) is 0 Å². The fourth-order valence-corrected chi connectivity index (χ4v) is 4.83. The standard InChI is InChI=1S/C22H22BrN3O3S/c1-29-17-8-6-16(7-9-17)26-21(28)18-13-15(23)5-10-19(18)24-22(26)30-14-20(27)25-11-3-2-4-12-25/h5-10,13H,2-4,11-12,14H2,1H3. The van der Waals surface area contributed by atoms with E-state index in [2.05, 4.69) is 15.9 Å². The summed E-state index contributed by atoms with van der Waals surface area (Å²) in [5.74, 6) is 1.05. The van der Waals surface area contributed by atoms with Crippen molar-refractivity contribution in [3.05, 3.63) is 57.3 Å². The van der Waals surface area contributed by atoms with Crippen LogP contribution in [0.2, 0.25) is 0 Å². The monoisotopic (exact) mass is 487 g/mol. The molecule has 1 fully saturated rings. The minimum Gasteiger partial charge on any atom is -0.497 e. The highest BCUT2D eigenvalue weighted by Gasteiger charge is 2.19. The largest absolute Gasteiger partial charge is 0.497 e. The Morgan fingerprint density at radius 1 is 1.13 bits per heavy atom. The zero-order valence-electron chi connectivity index (χ0n) is 16.6. The zero-order valence-corrected chi connectivity index (χ0v) is 19.0. The Morgan fingerprint density at radius 2 is 1.87 bits per heavy atom. The van der Waals surface area contributed by atoms with Gasteiger partial charge in [-0.1, -0.05) is 27.7 Å². The summed E-state index contributed by atoms with van der Waals surface area (Å²) in [6.07, 6.45) is 3.28. The van der Waals surface area contributed by atoms with Gasteiger partial charge in [0.05, 0.1) is 29.5 Å². The molecule has 30 heavy (non-hydrogen) atoms. The van der Waals surface area contributed by atoms with Crippen molar-refractivity contribution in [1.29, 1.82) is 0 Å². The normalized spacial score (nSPS) is 14.1. The smallest absolute Gasteiger partial charge is 0.266 e. The molecule has 0 N–H and O–H groups in total. The summed E-state index contributed by atoms with van der Waals surface area (Å²) in [5, 5.41) is 1.03. The Labute approximate surface area is 187 Å². The second-order valence-electron chi connectivity index (χ2n) is 7.12. The number of benzene rings is 2. The molecule has 0 aliphatic carbocycles. The molecule has 8 heteroatoms. The molecule has 3 aromatic rings. The minimum absolute atomic E-state index is 0.0890. The highest BCUT2D eigenvalue weighted by Crippen LogP contribution is 2.25. The van der Waals surface area contributed by atoms with Gasteiger partial charge in [0.2, 0.25) is 5.91 Å². The first-order valence-electron chi connectivity index (χ1n) is 9.84. The van der Waals surface area contributed by atoms with Gasteiger partial charge in [0, 0.05) is 17.6 Å². The molecule has 0 saturated carbocycles. The molecule has 156 valence electrons. The van der Waals surface area contributed by atoms with Gasteiger partial charge in [0.15, 0.2) is 5.16 Å². The highest BCUT2D eigenvalue weighted by molar-refractivity contribution is 9.10. The van der Waals surface area contributed by atoms with Crippen LogP contribution in [0.5, 0.6) is 5.75 Å². The van der Waals surface area contributed by atoms with E-state index in [0.29, 0.717) is 27.5 Å². The number of rotatable bonds is 5. The molecular formula is C22H22BrN3O3S. The Hall–Kier alpha value is -2.32. The van der Waals surface area contributed by atoms with Crippen LogP contribution in [-0.2, 0) is 4.79 Å². The predicted octanol–water partition coefficient (Wildman–Crippen LogP) is 4.26. The molecule has 1 saturated heterocycles. The van der Waals surface area contributed by atoms with Crippen molar-refractivity contribution in [3.63, 3.8) is 0 Å². The number of fused-ring (bicyclic) bond motifs is 1. The Bertz CT molecular complexity index is 1120. The lowest BCUT2D eigenvalue weighted by atomic mass is 10.1. The number of likely N-dealkylation sites (tertiary alicyclic amines) is 1. The summed E-state index contributed by atoms with van der Waals surface area (Å²) in [6, 6.07) is 12.7. The van der Waals surface area contributed by atoms with Crippen LogP contribution in [0.25, 0.3) is 16.6 Å². The third-order valence-electron chi connectivity index (χ3n) is 5.16. The Kier molecular flexibility index (Phi) is 6.43. The van der Waals surface area contributed by atoms with Crippen molar-refractivity contribution in [2.75, 3.05) is 26.0 Å². The number of halogens is 1. The van der Waals surface area contributed by atoms with Crippen LogP contribution in [0.15, 0.2) is 56.9 Å². The number of hydrogen-bond acceptors (Lipinski definition) is 5. The lowest BCUT2D eigenvalue weighted by molar-refractivity contribution is -0.129. The molecule has 6 nitrogen and oxygen atoms in total. The molecule has 0 radical (unpaired) electrons. The summed E-state index contributed by atoms with van der Waals surface area (Å²) in [5.41, 5.74) is 1.13. The van der Waals surface area contributed by atoms with E-state index in [9.17, 15) is 9.59 Å². The topological polar surface area (TPSA) is 64.4 Å². The number of carbonyl (C=O) groups excluding carboxylic acids is 1. The number of methoxy groups -OCH3 is 1. The van der Waals surface area contributed by atoms with Crippen LogP contribution in [-0.4, -0.2) is 46.3 Å². The van der Waals surface area contributed by atoms with Crippen molar-refractivity contribution in [2.24, 2.45) is 0 Å². The number of thioether (sulfide) groups is 1. The third kappa shape index (κ3) is 4.39. The molecule has 0 unspecified atom stereocenters. The average Bonchev–Trinajstić information content (AvgIpc) is 2.79. The van der Waals surface area contributed by atoms with Gasteiger partial charge >= 0.3 is 0 Å².